The van der Waals surface area contributed by atoms with Crippen molar-refractivity contribution in [3.63, 3.8) is 0 Å². The van der Waals surface area contributed by atoms with E-state index in [4.69, 9.17) is 9.73 Å². The minimum absolute atomic E-state index is 0.0911. The van der Waals surface area contributed by atoms with Crippen molar-refractivity contribution < 1.29 is 9.53 Å². The van der Waals surface area contributed by atoms with Gasteiger partial charge in [0, 0.05) is 6.21 Å². The molecule has 0 amide bonds. The van der Waals surface area contributed by atoms with Crippen LogP contribution in [-0.4, -0.2) is 23.3 Å². The summed E-state index contributed by atoms with van der Waals surface area (Å²) in [5.74, 6) is 0.673. The number of carbonyl (C=O) groups excluding carboxylic acids is 1. The van der Waals surface area contributed by atoms with Gasteiger partial charge in [0.2, 0.25) is 0 Å². The first-order valence-corrected chi connectivity index (χ1v) is 10.7. The molecule has 0 atom stereocenters. The third kappa shape index (κ3) is 9.93. The van der Waals surface area contributed by atoms with Crippen LogP contribution in [-0.2, 0) is 9.53 Å². The third-order valence-electron chi connectivity index (χ3n) is 3.65. The summed E-state index contributed by atoms with van der Waals surface area (Å²) in [5.41, 5.74) is 6.13. The SMILES string of the molecule is Cc1ccc(C(C)C)c(N=C(N/N=C/C(C)C)SCOC(=O)CC(C)(C)C)c1. The quantitative estimate of drug-likeness (QED) is 0.198. The van der Waals surface area contributed by atoms with E-state index in [1.165, 1.54) is 17.3 Å². The van der Waals surface area contributed by atoms with Crippen molar-refractivity contribution in [2.45, 2.75) is 67.7 Å². The Hall–Kier alpha value is -1.82. The molecule has 156 valence electrons. The lowest BCUT2D eigenvalue weighted by atomic mass is 9.93. The van der Waals surface area contributed by atoms with Gasteiger partial charge in [-0.15, -0.1) is 0 Å². The summed E-state index contributed by atoms with van der Waals surface area (Å²) in [5, 5.41) is 4.86. The Morgan fingerprint density at radius 2 is 1.93 bits per heavy atom. The van der Waals surface area contributed by atoms with Gasteiger partial charge in [0.05, 0.1) is 12.1 Å². The Labute approximate surface area is 174 Å². The Bertz CT molecular complexity index is 704. The molecule has 0 aliphatic rings. The van der Waals surface area contributed by atoms with E-state index in [-0.39, 0.29) is 17.3 Å². The van der Waals surface area contributed by atoms with Crippen LogP contribution in [0.5, 0.6) is 0 Å². The molecule has 0 heterocycles. The largest absolute Gasteiger partial charge is 0.454 e. The fourth-order valence-electron chi connectivity index (χ4n) is 2.31. The van der Waals surface area contributed by atoms with Gasteiger partial charge in [-0.3, -0.25) is 10.2 Å². The fraction of sp³-hybridized carbons (Fsp3) is 0.591. The number of carbonyl (C=O) groups is 1. The first kappa shape index (κ1) is 24.2. The lowest BCUT2D eigenvalue weighted by Gasteiger charge is -2.16. The van der Waals surface area contributed by atoms with Gasteiger partial charge in [0.25, 0.3) is 0 Å². The summed E-state index contributed by atoms with van der Waals surface area (Å²) in [7, 11) is 0. The molecular formula is C22H35N3O2S. The minimum atomic E-state index is -0.205. The zero-order valence-electron chi connectivity index (χ0n) is 18.5. The predicted octanol–water partition coefficient (Wildman–Crippen LogP) is 6.01. The summed E-state index contributed by atoms with van der Waals surface area (Å²) < 4.78 is 5.37. The average molecular weight is 406 g/mol. The van der Waals surface area contributed by atoms with Crippen LogP contribution in [0.15, 0.2) is 28.3 Å². The number of amidine groups is 1. The standard InChI is InChI=1S/C22H35N3O2S/c1-15(2)13-23-25-21(28-14-27-20(26)12-22(6,7)8)24-19-11-17(5)9-10-18(19)16(3)4/h9-11,13,15-16H,12,14H2,1-8H3,(H,24,25)/b23-13+. The number of rotatable bonds is 7. The van der Waals surface area contributed by atoms with Gasteiger partial charge < -0.3 is 4.74 Å². The van der Waals surface area contributed by atoms with Gasteiger partial charge in [0.1, 0.15) is 5.94 Å². The molecule has 0 spiro atoms. The highest BCUT2D eigenvalue weighted by Crippen LogP contribution is 2.29. The zero-order chi connectivity index (χ0) is 21.3. The third-order valence-corrected chi connectivity index (χ3v) is 4.34. The van der Waals surface area contributed by atoms with E-state index in [1.54, 1.807) is 0 Å². The van der Waals surface area contributed by atoms with E-state index < -0.39 is 0 Å². The predicted molar refractivity (Wildman–Crippen MR) is 121 cm³/mol. The molecule has 1 rings (SSSR count). The first-order valence-electron chi connectivity index (χ1n) is 9.75. The number of aryl methyl sites for hydroxylation is 1. The summed E-state index contributed by atoms with van der Waals surface area (Å²) in [6, 6.07) is 6.27. The summed E-state index contributed by atoms with van der Waals surface area (Å²) >= 11 is 1.33. The molecule has 0 saturated heterocycles. The molecule has 0 bridgehead atoms. The number of thioether (sulfide) groups is 1. The Morgan fingerprint density at radius 3 is 2.50 bits per heavy atom. The summed E-state index contributed by atoms with van der Waals surface area (Å²) in [6.07, 6.45) is 2.20. The van der Waals surface area contributed by atoms with Gasteiger partial charge >= 0.3 is 5.97 Å². The molecule has 0 aliphatic carbocycles. The molecule has 0 radical (unpaired) electrons. The van der Waals surface area contributed by atoms with Crippen LogP contribution in [0.25, 0.3) is 0 Å². The van der Waals surface area contributed by atoms with Gasteiger partial charge in [0.15, 0.2) is 5.17 Å². The maximum atomic E-state index is 12.0. The number of hydrogen-bond acceptors (Lipinski definition) is 5. The van der Waals surface area contributed by atoms with Crippen LogP contribution in [0.2, 0.25) is 0 Å². The summed E-state index contributed by atoms with van der Waals surface area (Å²) in [6.45, 7) is 16.5. The number of hydrogen-bond donors (Lipinski definition) is 1. The van der Waals surface area contributed by atoms with Crippen molar-refractivity contribution in [1.82, 2.24) is 5.43 Å². The Kier molecular flexibility index (Phi) is 9.73. The van der Waals surface area contributed by atoms with Crippen LogP contribution in [0.1, 0.15) is 71.9 Å². The van der Waals surface area contributed by atoms with Crippen molar-refractivity contribution in [1.29, 1.82) is 0 Å². The van der Waals surface area contributed by atoms with Crippen molar-refractivity contribution in [2.75, 3.05) is 5.94 Å². The second-order valence-electron chi connectivity index (χ2n) is 8.78. The van der Waals surface area contributed by atoms with Crippen LogP contribution in [0.4, 0.5) is 5.69 Å². The monoisotopic (exact) mass is 405 g/mol. The van der Waals surface area contributed by atoms with Crippen molar-refractivity contribution in [3.05, 3.63) is 29.3 Å². The molecule has 0 unspecified atom stereocenters. The number of esters is 1. The summed E-state index contributed by atoms with van der Waals surface area (Å²) in [4.78, 5) is 16.7. The van der Waals surface area contributed by atoms with Crippen molar-refractivity contribution in [2.24, 2.45) is 21.4 Å². The normalized spacial score (nSPS) is 12.9. The zero-order valence-corrected chi connectivity index (χ0v) is 19.3. The number of nitrogens with zero attached hydrogens (tertiary/aromatic N) is 2. The molecule has 0 aromatic heterocycles. The van der Waals surface area contributed by atoms with Gasteiger partial charge in [-0.25, -0.2) is 4.99 Å². The van der Waals surface area contributed by atoms with Crippen molar-refractivity contribution >= 4 is 34.8 Å². The number of ether oxygens (including phenoxy) is 1. The van der Waals surface area contributed by atoms with Gasteiger partial charge in [-0.1, -0.05) is 60.6 Å². The Balaban J connectivity index is 2.95. The van der Waals surface area contributed by atoms with Crippen molar-refractivity contribution in [3.8, 4) is 0 Å². The molecule has 0 fully saturated rings. The molecule has 0 aliphatic heterocycles. The lowest BCUT2D eigenvalue weighted by Crippen LogP contribution is -2.18. The van der Waals surface area contributed by atoms with Crippen LogP contribution < -0.4 is 5.43 Å². The molecule has 0 saturated carbocycles. The van der Waals surface area contributed by atoms with E-state index in [1.807, 2.05) is 27.0 Å². The van der Waals surface area contributed by atoms with E-state index >= 15 is 0 Å². The first-order chi connectivity index (χ1) is 13.0. The number of hydrazone groups is 1. The van der Waals surface area contributed by atoms with Crippen LogP contribution in [0.3, 0.4) is 0 Å². The molecule has 28 heavy (non-hydrogen) atoms. The topological polar surface area (TPSA) is 63.1 Å². The lowest BCUT2D eigenvalue weighted by molar-refractivity contribution is -0.143. The minimum Gasteiger partial charge on any atom is -0.454 e. The molecule has 1 aromatic rings. The smallest absolute Gasteiger partial charge is 0.307 e. The fourth-order valence-corrected chi connectivity index (χ4v) is 2.90. The van der Waals surface area contributed by atoms with Crippen LogP contribution >= 0.6 is 11.8 Å². The second kappa shape index (κ2) is 11.2. The molecular weight excluding hydrogens is 370 g/mol. The molecule has 6 heteroatoms. The molecule has 1 aromatic carbocycles. The Morgan fingerprint density at radius 1 is 1.25 bits per heavy atom. The highest BCUT2D eigenvalue weighted by atomic mass is 32.2. The maximum absolute atomic E-state index is 12.0. The highest BCUT2D eigenvalue weighted by molar-refractivity contribution is 8.13. The van der Waals surface area contributed by atoms with Crippen LogP contribution in [0, 0.1) is 18.3 Å². The highest BCUT2D eigenvalue weighted by Gasteiger charge is 2.17. The molecule has 5 nitrogen and oxygen atoms in total. The van der Waals surface area contributed by atoms with E-state index in [0.29, 0.717) is 23.4 Å². The van der Waals surface area contributed by atoms with E-state index in [0.717, 1.165) is 11.3 Å². The second-order valence-corrected chi connectivity index (χ2v) is 9.69. The number of nitrogens with one attached hydrogen (secondary N) is 1. The molecule has 1 N–H and O–H groups in total. The number of benzene rings is 1. The maximum Gasteiger partial charge on any atom is 0.307 e. The average Bonchev–Trinajstić information content (AvgIpc) is 2.52. The van der Waals surface area contributed by atoms with Gasteiger partial charge in [-0.2, -0.15) is 5.10 Å². The van der Waals surface area contributed by atoms with E-state index in [2.05, 4.69) is 63.3 Å². The number of aliphatic imine (C=N–C) groups is 1. The van der Waals surface area contributed by atoms with Gasteiger partial charge in [-0.05, 0) is 53.1 Å². The van der Waals surface area contributed by atoms with E-state index in [9.17, 15) is 4.79 Å².